The largest absolute Gasteiger partial charge is 0.490 e. The van der Waals surface area contributed by atoms with Crippen molar-refractivity contribution >= 4 is 29.7 Å². The van der Waals surface area contributed by atoms with E-state index >= 15 is 0 Å². The first kappa shape index (κ1) is 25.9. The standard InChI is InChI=1S/C29H25N3O6/c1-3-36-26-17-20(12-15-24(26)38-29(35)21-13-10-19(2)11-14-21)18-30-32-27(33)22-7-4-5-8-23(22)31-28(34)25-9-6-16-37-25/h4-18H,3H2,1-2H3,(H,31,34)(H,32,33)/b30-18-. The fraction of sp³-hybridized carbons (Fsp3) is 0.103. The lowest BCUT2D eigenvalue weighted by Gasteiger charge is -2.11. The van der Waals surface area contributed by atoms with Gasteiger partial charge in [0.05, 0.1) is 35.9 Å². The SMILES string of the molecule is CCOc1cc(/C=N\NC(=O)c2ccccc2NC(=O)c2ccco2)ccc1OC(=O)c1ccc(C)cc1. The Morgan fingerprint density at radius 2 is 1.71 bits per heavy atom. The first-order chi connectivity index (χ1) is 18.4. The average molecular weight is 512 g/mol. The Morgan fingerprint density at radius 1 is 0.921 bits per heavy atom. The van der Waals surface area contributed by atoms with Crippen molar-refractivity contribution in [2.24, 2.45) is 5.10 Å². The van der Waals surface area contributed by atoms with Crippen LogP contribution in [0.4, 0.5) is 5.69 Å². The summed E-state index contributed by atoms with van der Waals surface area (Å²) >= 11 is 0. The Bertz CT molecular complexity index is 1460. The number of hydrogen-bond acceptors (Lipinski definition) is 7. The van der Waals surface area contributed by atoms with Crippen LogP contribution in [0.25, 0.3) is 0 Å². The van der Waals surface area contributed by atoms with E-state index in [-0.39, 0.29) is 17.1 Å². The lowest BCUT2D eigenvalue weighted by atomic mass is 10.1. The van der Waals surface area contributed by atoms with Crippen molar-refractivity contribution in [3.63, 3.8) is 0 Å². The summed E-state index contributed by atoms with van der Waals surface area (Å²) < 4.78 is 16.3. The number of ether oxygens (including phenoxy) is 2. The lowest BCUT2D eigenvalue weighted by molar-refractivity contribution is 0.0728. The van der Waals surface area contributed by atoms with E-state index in [4.69, 9.17) is 13.9 Å². The van der Waals surface area contributed by atoms with E-state index in [0.29, 0.717) is 29.2 Å². The molecule has 0 fully saturated rings. The first-order valence-electron chi connectivity index (χ1n) is 11.8. The summed E-state index contributed by atoms with van der Waals surface area (Å²) in [5.74, 6) is -0.765. The molecule has 38 heavy (non-hydrogen) atoms. The monoisotopic (exact) mass is 511 g/mol. The number of carbonyl (C=O) groups excluding carboxylic acids is 3. The van der Waals surface area contributed by atoms with Gasteiger partial charge in [-0.2, -0.15) is 5.10 Å². The highest BCUT2D eigenvalue weighted by Crippen LogP contribution is 2.29. The molecule has 2 amide bonds. The molecule has 0 aliphatic rings. The Balaban J connectivity index is 1.43. The number of furan rings is 1. The van der Waals surface area contributed by atoms with Crippen LogP contribution in [0.1, 0.15) is 49.3 Å². The van der Waals surface area contributed by atoms with E-state index in [1.54, 1.807) is 60.7 Å². The molecule has 3 aromatic carbocycles. The highest BCUT2D eigenvalue weighted by molar-refractivity contribution is 6.08. The molecule has 1 aromatic heterocycles. The Morgan fingerprint density at radius 3 is 2.45 bits per heavy atom. The van der Waals surface area contributed by atoms with Crippen molar-refractivity contribution < 1.29 is 28.3 Å². The number of hydrogen-bond donors (Lipinski definition) is 2. The number of para-hydroxylation sites is 1. The van der Waals surface area contributed by atoms with Crippen molar-refractivity contribution in [3.8, 4) is 11.5 Å². The number of hydrazone groups is 1. The molecule has 0 bridgehead atoms. The van der Waals surface area contributed by atoms with E-state index < -0.39 is 17.8 Å². The number of aryl methyl sites for hydroxylation is 1. The lowest BCUT2D eigenvalue weighted by Crippen LogP contribution is -2.21. The van der Waals surface area contributed by atoms with E-state index in [0.717, 1.165) is 5.56 Å². The van der Waals surface area contributed by atoms with Crippen LogP contribution in [-0.4, -0.2) is 30.6 Å². The molecule has 0 spiro atoms. The van der Waals surface area contributed by atoms with Crippen molar-refractivity contribution in [2.75, 3.05) is 11.9 Å². The normalized spacial score (nSPS) is 10.7. The van der Waals surface area contributed by atoms with Gasteiger partial charge in [-0.05, 0) is 74.0 Å². The van der Waals surface area contributed by atoms with Gasteiger partial charge in [0.15, 0.2) is 17.3 Å². The number of nitrogens with one attached hydrogen (secondary N) is 2. The molecule has 9 heteroatoms. The quantitative estimate of drug-likeness (QED) is 0.138. The summed E-state index contributed by atoms with van der Waals surface area (Å²) in [7, 11) is 0. The number of anilines is 1. The predicted molar refractivity (Wildman–Crippen MR) is 142 cm³/mol. The third-order valence-corrected chi connectivity index (χ3v) is 5.30. The second-order valence-electron chi connectivity index (χ2n) is 8.07. The van der Waals surface area contributed by atoms with Crippen LogP contribution in [0.2, 0.25) is 0 Å². The minimum Gasteiger partial charge on any atom is -0.490 e. The van der Waals surface area contributed by atoms with Crippen LogP contribution in [-0.2, 0) is 0 Å². The van der Waals surface area contributed by atoms with Crippen LogP contribution in [0.3, 0.4) is 0 Å². The summed E-state index contributed by atoms with van der Waals surface area (Å²) in [6.07, 6.45) is 2.82. The number of esters is 1. The molecule has 0 unspecified atom stereocenters. The molecule has 0 saturated carbocycles. The highest BCUT2D eigenvalue weighted by atomic mass is 16.6. The zero-order valence-corrected chi connectivity index (χ0v) is 20.8. The molecule has 192 valence electrons. The second kappa shape index (κ2) is 12.2. The van der Waals surface area contributed by atoms with Crippen molar-refractivity contribution in [1.82, 2.24) is 5.43 Å². The molecule has 0 aliphatic heterocycles. The third-order valence-electron chi connectivity index (χ3n) is 5.30. The molecular weight excluding hydrogens is 486 g/mol. The number of benzene rings is 3. The Kier molecular flexibility index (Phi) is 8.30. The number of amides is 2. The molecule has 1 heterocycles. The molecule has 0 saturated heterocycles. The molecule has 4 aromatic rings. The van der Waals surface area contributed by atoms with Crippen LogP contribution >= 0.6 is 0 Å². The van der Waals surface area contributed by atoms with Gasteiger partial charge >= 0.3 is 5.97 Å². The van der Waals surface area contributed by atoms with Gasteiger partial charge < -0.3 is 19.2 Å². The minimum atomic E-state index is -0.523. The zero-order chi connectivity index (χ0) is 26.9. The van der Waals surface area contributed by atoms with Gasteiger partial charge in [-0.25, -0.2) is 10.2 Å². The van der Waals surface area contributed by atoms with Gasteiger partial charge in [-0.3, -0.25) is 9.59 Å². The summed E-state index contributed by atoms with van der Waals surface area (Å²) in [5.41, 5.74) is 5.04. The van der Waals surface area contributed by atoms with Crippen LogP contribution in [0, 0.1) is 6.92 Å². The van der Waals surface area contributed by atoms with E-state index in [9.17, 15) is 14.4 Å². The first-order valence-corrected chi connectivity index (χ1v) is 11.8. The van der Waals surface area contributed by atoms with Gasteiger partial charge in [0.1, 0.15) is 0 Å². The summed E-state index contributed by atoms with van der Waals surface area (Å²) in [4.78, 5) is 37.6. The van der Waals surface area contributed by atoms with Gasteiger partial charge in [0.25, 0.3) is 11.8 Å². The van der Waals surface area contributed by atoms with Crippen LogP contribution in [0.5, 0.6) is 11.5 Å². The maximum atomic E-state index is 12.7. The van der Waals surface area contributed by atoms with Gasteiger partial charge in [-0.15, -0.1) is 0 Å². The zero-order valence-electron chi connectivity index (χ0n) is 20.8. The maximum absolute atomic E-state index is 12.7. The van der Waals surface area contributed by atoms with Crippen LogP contribution < -0.4 is 20.2 Å². The second-order valence-corrected chi connectivity index (χ2v) is 8.07. The highest BCUT2D eigenvalue weighted by Gasteiger charge is 2.16. The van der Waals surface area contributed by atoms with Gasteiger partial charge in [0.2, 0.25) is 0 Å². The van der Waals surface area contributed by atoms with Crippen molar-refractivity contribution in [2.45, 2.75) is 13.8 Å². The third kappa shape index (κ3) is 6.52. The molecule has 0 radical (unpaired) electrons. The molecular formula is C29H25N3O6. The number of carbonyl (C=O) groups is 3. The Labute approximate surface area is 219 Å². The fourth-order valence-electron chi connectivity index (χ4n) is 3.41. The van der Waals surface area contributed by atoms with E-state index in [2.05, 4.69) is 15.8 Å². The fourth-order valence-corrected chi connectivity index (χ4v) is 3.41. The van der Waals surface area contributed by atoms with Crippen LogP contribution in [0.15, 0.2) is 94.6 Å². The molecule has 2 N–H and O–H groups in total. The summed E-state index contributed by atoms with van der Waals surface area (Å²) in [6.45, 7) is 4.10. The van der Waals surface area contributed by atoms with Gasteiger partial charge in [0, 0.05) is 0 Å². The summed E-state index contributed by atoms with van der Waals surface area (Å²) in [5, 5.41) is 6.67. The van der Waals surface area contributed by atoms with E-state index in [1.807, 2.05) is 26.0 Å². The smallest absolute Gasteiger partial charge is 0.343 e. The van der Waals surface area contributed by atoms with Gasteiger partial charge in [-0.1, -0.05) is 29.8 Å². The van der Waals surface area contributed by atoms with Crippen molar-refractivity contribution in [3.05, 3.63) is 113 Å². The average Bonchev–Trinajstić information content (AvgIpc) is 3.46. The topological polar surface area (TPSA) is 119 Å². The Hall–Kier alpha value is -5.18. The minimum absolute atomic E-state index is 0.122. The maximum Gasteiger partial charge on any atom is 0.343 e. The summed E-state index contributed by atoms with van der Waals surface area (Å²) in [6, 6.07) is 21.6. The molecule has 4 rings (SSSR count). The van der Waals surface area contributed by atoms with E-state index in [1.165, 1.54) is 18.5 Å². The van der Waals surface area contributed by atoms with Crippen molar-refractivity contribution in [1.29, 1.82) is 0 Å². The number of rotatable bonds is 9. The molecule has 0 aliphatic carbocycles. The predicted octanol–water partition coefficient (Wildman–Crippen LogP) is 5.22. The molecule has 0 atom stereocenters. The molecule has 9 nitrogen and oxygen atoms in total. The number of nitrogens with zero attached hydrogens (tertiary/aromatic N) is 1.